The van der Waals surface area contributed by atoms with Gasteiger partial charge in [-0.15, -0.1) is 24.0 Å². The summed E-state index contributed by atoms with van der Waals surface area (Å²) in [6, 6.07) is 12.4. The average Bonchev–Trinajstić information content (AvgIpc) is 3.31. The lowest BCUT2D eigenvalue weighted by Gasteiger charge is -2.16. The van der Waals surface area contributed by atoms with E-state index in [2.05, 4.69) is 56.9 Å². The molecule has 0 unspecified atom stereocenters. The van der Waals surface area contributed by atoms with Crippen LogP contribution >= 0.6 is 24.0 Å². The molecule has 1 saturated heterocycles. The molecule has 3 rings (SSSR count). The van der Waals surface area contributed by atoms with Crippen LogP contribution in [0.4, 0.5) is 0 Å². The summed E-state index contributed by atoms with van der Waals surface area (Å²) in [7, 11) is 1.78. The fourth-order valence-corrected chi connectivity index (χ4v) is 3.16. The number of carbonyl (C=O) groups excluding carboxylic acids is 1. The largest absolute Gasteiger partial charge is 0.355 e. The molecule has 0 bridgehead atoms. The molecule has 0 spiro atoms. The molecule has 146 valence electrons. The van der Waals surface area contributed by atoms with Crippen molar-refractivity contribution >= 4 is 35.8 Å². The van der Waals surface area contributed by atoms with Crippen LogP contribution in [0.25, 0.3) is 0 Å². The third-order valence-corrected chi connectivity index (χ3v) is 4.55. The molecular weight excluding hydrogens is 453 g/mol. The molecular formula is C20H28IN5O. The van der Waals surface area contributed by atoms with E-state index in [0.29, 0.717) is 19.5 Å². The van der Waals surface area contributed by atoms with Crippen LogP contribution in [-0.2, 0) is 24.4 Å². The Hall–Kier alpha value is -2.03. The molecule has 1 aliphatic rings. The van der Waals surface area contributed by atoms with Gasteiger partial charge in [0.05, 0.1) is 0 Å². The van der Waals surface area contributed by atoms with E-state index in [1.165, 1.54) is 11.1 Å². The van der Waals surface area contributed by atoms with E-state index in [0.717, 1.165) is 32.0 Å². The Morgan fingerprint density at radius 1 is 1.15 bits per heavy atom. The second kappa shape index (κ2) is 11.0. The van der Waals surface area contributed by atoms with E-state index in [-0.39, 0.29) is 29.9 Å². The minimum Gasteiger partial charge on any atom is -0.355 e. The van der Waals surface area contributed by atoms with E-state index in [1.807, 2.05) is 17.0 Å². The quantitative estimate of drug-likeness (QED) is 0.363. The van der Waals surface area contributed by atoms with Gasteiger partial charge < -0.3 is 20.1 Å². The highest BCUT2D eigenvalue weighted by atomic mass is 127. The molecule has 0 saturated carbocycles. The van der Waals surface area contributed by atoms with Gasteiger partial charge in [-0.05, 0) is 29.7 Å². The zero-order valence-electron chi connectivity index (χ0n) is 15.7. The van der Waals surface area contributed by atoms with Crippen molar-refractivity contribution in [3.05, 3.63) is 59.9 Å². The van der Waals surface area contributed by atoms with Crippen molar-refractivity contribution < 1.29 is 4.79 Å². The molecule has 0 atom stereocenters. The van der Waals surface area contributed by atoms with E-state index in [9.17, 15) is 4.79 Å². The van der Waals surface area contributed by atoms with Gasteiger partial charge in [0.15, 0.2) is 5.96 Å². The summed E-state index contributed by atoms with van der Waals surface area (Å²) in [6.07, 6.45) is 5.76. The van der Waals surface area contributed by atoms with Gasteiger partial charge in [-0.3, -0.25) is 9.79 Å². The molecule has 0 radical (unpaired) electrons. The number of carbonyl (C=O) groups is 1. The van der Waals surface area contributed by atoms with Gasteiger partial charge in [0.2, 0.25) is 5.91 Å². The molecule has 2 heterocycles. The number of nitrogens with one attached hydrogen (secondary N) is 2. The van der Waals surface area contributed by atoms with Gasteiger partial charge >= 0.3 is 0 Å². The standard InChI is InChI=1S/C20H27N5O.HI/c1-21-20(22-9-13-24-10-2-3-11-24)23-15-17-6-4-7-18(14-17)16-25-12-5-8-19(25)26;/h2-4,6-7,10-11,14H,5,8-9,12-13,15-16H2,1H3,(H2,21,22,23);1H. The Labute approximate surface area is 178 Å². The first-order chi connectivity index (χ1) is 12.7. The number of guanidine groups is 1. The lowest BCUT2D eigenvalue weighted by Crippen LogP contribution is -2.38. The number of benzene rings is 1. The molecule has 27 heavy (non-hydrogen) atoms. The predicted octanol–water partition coefficient (Wildman–Crippen LogP) is 2.59. The van der Waals surface area contributed by atoms with Crippen LogP contribution < -0.4 is 10.6 Å². The van der Waals surface area contributed by atoms with Crippen molar-refractivity contribution in [2.75, 3.05) is 20.1 Å². The zero-order valence-corrected chi connectivity index (χ0v) is 18.1. The average molecular weight is 481 g/mol. The number of halogens is 1. The highest BCUT2D eigenvalue weighted by Crippen LogP contribution is 2.15. The summed E-state index contributed by atoms with van der Waals surface area (Å²) in [6.45, 7) is 3.99. The lowest BCUT2D eigenvalue weighted by molar-refractivity contribution is -0.128. The number of nitrogens with zero attached hydrogens (tertiary/aromatic N) is 3. The maximum atomic E-state index is 11.8. The van der Waals surface area contributed by atoms with Crippen molar-refractivity contribution in [3.63, 3.8) is 0 Å². The number of rotatable bonds is 7. The van der Waals surface area contributed by atoms with Crippen molar-refractivity contribution in [1.82, 2.24) is 20.1 Å². The van der Waals surface area contributed by atoms with Crippen LogP contribution in [0.5, 0.6) is 0 Å². The van der Waals surface area contributed by atoms with Gasteiger partial charge in [0, 0.05) is 58.6 Å². The Bertz CT molecular complexity index is 745. The molecule has 2 N–H and O–H groups in total. The summed E-state index contributed by atoms with van der Waals surface area (Å²) in [4.78, 5) is 18.0. The topological polar surface area (TPSA) is 61.7 Å². The van der Waals surface area contributed by atoms with E-state index < -0.39 is 0 Å². The van der Waals surface area contributed by atoms with Crippen LogP contribution in [0.1, 0.15) is 24.0 Å². The fraction of sp³-hybridized carbons (Fsp3) is 0.400. The third kappa shape index (κ3) is 6.57. The molecule has 1 aromatic carbocycles. The minimum absolute atomic E-state index is 0. The van der Waals surface area contributed by atoms with Gasteiger partial charge in [-0.1, -0.05) is 24.3 Å². The molecule has 1 aromatic heterocycles. The molecule has 1 amide bonds. The minimum atomic E-state index is 0. The third-order valence-electron chi connectivity index (χ3n) is 4.55. The Morgan fingerprint density at radius 3 is 2.63 bits per heavy atom. The number of aliphatic imine (C=N–C) groups is 1. The number of likely N-dealkylation sites (tertiary alicyclic amines) is 1. The number of amides is 1. The number of hydrogen-bond donors (Lipinski definition) is 2. The summed E-state index contributed by atoms with van der Waals surface area (Å²) in [5, 5.41) is 6.67. The van der Waals surface area contributed by atoms with Gasteiger partial charge in [-0.25, -0.2) is 0 Å². The molecule has 1 aliphatic heterocycles. The molecule has 1 fully saturated rings. The van der Waals surface area contributed by atoms with E-state index in [4.69, 9.17) is 0 Å². The molecule has 7 heteroatoms. The SMILES string of the molecule is CN=C(NCCn1cccc1)NCc1cccc(CN2CCCC2=O)c1.I. The lowest BCUT2D eigenvalue weighted by atomic mass is 10.1. The Balaban J connectivity index is 0.00000261. The van der Waals surface area contributed by atoms with E-state index in [1.54, 1.807) is 7.05 Å². The first-order valence-electron chi connectivity index (χ1n) is 9.15. The van der Waals surface area contributed by atoms with Crippen molar-refractivity contribution in [2.24, 2.45) is 4.99 Å². The number of hydrogen-bond acceptors (Lipinski definition) is 2. The van der Waals surface area contributed by atoms with Gasteiger partial charge in [-0.2, -0.15) is 0 Å². The van der Waals surface area contributed by atoms with E-state index >= 15 is 0 Å². The second-order valence-corrected chi connectivity index (χ2v) is 6.51. The van der Waals surface area contributed by atoms with Gasteiger partial charge in [0.25, 0.3) is 0 Å². The van der Waals surface area contributed by atoms with Crippen LogP contribution in [0, 0.1) is 0 Å². The van der Waals surface area contributed by atoms with Crippen LogP contribution in [0.2, 0.25) is 0 Å². The van der Waals surface area contributed by atoms with Crippen molar-refractivity contribution in [2.45, 2.75) is 32.5 Å². The van der Waals surface area contributed by atoms with Crippen LogP contribution in [0.3, 0.4) is 0 Å². The number of aromatic nitrogens is 1. The maximum Gasteiger partial charge on any atom is 0.222 e. The monoisotopic (exact) mass is 481 g/mol. The highest BCUT2D eigenvalue weighted by Gasteiger charge is 2.19. The molecule has 2 aromatic rings. The smallest absolute Gasteiger partial charge is 0.222 e. The molecule has 6 nitrogen and oxygen atoms in total. The first kappa shape index (κ1) is 21.3. The second-order valence-electron chi connectivity index (χ2n) is 6.51. The van der Waals surface area contributed by atoms with Crippen molar-refractivity contribution in [3.8, 4) is 0 Å². The fourth-order valence-electron chi connectivity index (χ4n) is 3.16. The Morgan fingerprint density at radius 2 is 1.93 bits per heavy atom. The summed E-state index contributed by atoms with van der Waals surface area (Å²) < 4.78 is 2.13. The van der Waals surface area contributed by atoms with Crippen LogP contribution in [0.15, 0.2) is 53.8 Å². The van der Waals surface area contributed by atoms with Crippen molar-refractivity contribution in [1.29, 1.82) is 0 Å². The van der Waals surface area contributed by atoms with Gasteiger partial charge in [0.1, 0.15) is 0 Å². The van der Waals surface area contributed by atoms with Crippen LogP contribution in [-0.4, -0.2) is 41.5 Å². The predicted molar refractivity (Wildman–Crippen MR) is 119 cm³/mol. The zero-order chi connectivity index (χ0) is 18.2. The summed E-state index contributed by atoms with van der Waals surface area (Å²) >= 11 is 0. The first-order valence-corrected chi connectivity index (χ1v) is 9.15. The molecule has 0 aliphatic carbocycles. The maximum absolute atomic E-state index is 11.8. The highest BCUT2D eigenvalue weighted by molar-refractivity contribution is 14.0. The summed E-state index contributed by atoms with van der Waals surface area (Å²) in [5.74, 6) is 1.05. The summed E-state index contributed by atoms with van der Waals surface area (Å²) in [5.41, 5.74) is 2.36. The Kier molecular flexibility index (Phi) is 8.63. The normalized spacial score (nSPS) is 14.2.